The van der Waals surface area contributed by atoms with Gasteiger partial charge in [-0.3, -0.25) is 0 Å². The van der Waals surface area contributed by atoms with Crippen LogP contribution >= 0.6 is 0 Å². The molecule has 0 radical (unpaired) electrons. The van der Waals surface area contributed by atoms with Crippen LogP contribution in [0.1, 0.15) is 20.3 Å². The molecule has 1 atom stereocenters. The van der Waals surface area contributed by atoms with Gasteiger partial charge in [-0.1, -0.05) is 25.2 Å². The highest BCUT2D eigenvalue weighted by Crippen LogP contribution is 2.20. The molecule has 1 fully saturated rings. The van der Waals surface area contributed by atoms with Crippen molar-refractivity contribution in [1.82, 2.24) is 0 Å². The van der Waals surface area contributed by atoms with Crippen LogP contribution in [0.4, 0.5) is 0 Å². The van der Waals surface area contributed by atoms with Crippen molar-refractivity contribution < 1.29 is 4.74 Å². The van der Waals surface area contributed by atoms with Crippen molar-refractivity contribution in [2.24, 2.45) is 5.92 Å². The maximum Gasteiger partial charge on any atom is 0.0683 e. The van der Waals surface area contributed by atoms with Gasteiger partial charge in [0.2, 0.25) is 0 Å². The van der Waals surface area contributed by atoms with Gasteiger partial charge < -0.3 is 4.74 Å². The van der Waals surface area contributed by atoms with Crippen LogP contribution in [0.5, 0.6) is 0 Å². The number of rotatable bonds is 2. The van der Waals surface area contributed by atoms with E-state index in [1.54, 1.807) is 0 Å². The van der Waals surface area contributed by atoms with Crippen molar-refractivity contribution in [2.75, 3.05) is 13.2 Å². The molecule has 0 saturated carbocycles. The molecule has 1 saturated heterocycles. The van der Waals surface area contributed by atoms with E-state index in [4.69, 9.17) is 4.74 Å². The minimum Gasteiger partial charge on any atom is -0.376 e. The van der Waals surface area contributed by atoms with Gasteiger partial charge in [0.1, 0.15) is 0 Å². The fourth-order valence-corrected chi connectivity index (χ4v) is 1.29. The molecular formula is C10H16O. The Morgan fingerprint density at radius 1 is 1.64 bits per heavy atom. The summed E-state index contributed by atoms with van der Waals surface area (Å²) in [6.07, 6.45) is 7.75. The highest BCUT2D eigenvalue weighted by Gasteiger charge is 2.17. The van der Waals surface area contributed by atoms with Gasteiger partial charge >= 0.3 is 0 Å². The highest BCUT2D eigenvalue weighted by atomic mass is 16.5. The summed E-state index contributed by atoms with van der Waals surface area (Å²) >= 11 is 0. The van der Waals surface area contributed by atoms with Crippen molar-refractivity contribution in [3.8, 4) is 0 Å². The molecule has 0 aromatic carbocycles. The first-order valence-electron chi connectivity index (χ1n) is 4.28. The number of hydrogen-bond donors (Lipinski definition) is 0. The van der Waals surface area contributed by atoms with E-state index in [0.717, 1.165) is 19.6 Å². The second kappa shape index (κ2) is 4.35. The van der Waals surface area contributed by atoms with E-state index in [0.29, 0.717) is 5.92 Å². The quantitative estimate of drug-likeness (QED) is 0.552. The van der Waals surface area contributed by atoms with E-state index < -0.39 is 0 Å². The number of hydrogen-bond acceptors (Lipinski definition) is 1. The van der Waals surface area contributed by atoms with Crippen LogP contribution in [0, 0.1) is 5.92 Å². The minimum absolute atomic E-state index is 0.556. The summed E-state index contributed by atoms with van der Waals surface area (Å²) in [5, 5.41) is 0. The van der Waals surface area contributed by atoms with Crippen molar-refractivity contribution in [2.45, 2.75) is 20.3 Å². The first-order chi connectivity index (χ1) is 5.38. The van der Waals surface area contributed by atoms with Gasteiger partial charge in [0.25, 0.3) is 0 Å². The zero-order valence-corrected chi connectivity index (χ0v) is 7.34. The standard InChI is InChI=1S/C10H16O/c1-3-5-6-10-8-11-7-9(10)4-2/h4-6,10H,3,7-8H2,1-2H3/b6-5+,9-4+/t10-/m0/s1. The van der Waals surface area contributed by atoms with Crippen molar-refractivity contribution in [3.63, 3.8) is 0 Å². The minimum atomic E-state index is 0.556. The summed E-state index contributed by atoms with van der Waals surface area (Å²) in [5.41, 5.74) is 1.43. The van der Waals surface area contributed by atoms with Gasteiger partial charge in [0.05, 0.1) is 13.2 Å². The van der Waals surface area contributed by atoms with Crippen LogP contribution in [-0.2, 0) is 4.74 Å². The first-order valence-corrected chi connectivity index (χ1v) is 4.28. The molecule has 1 heteroatoms. The zero-order valence-electron chi connectivity index (χ0n) is 7.34. The van der Waals surface area contributed by atoms with E-state index in [-0.39, 0.29) is 0 Å². The Morgan fingerprint density at radius 2 is 2.45 bits per heavy atom. The molecule has 0 amide bonds. The third-order valence-corrected chi connectivity index (χ3v) is 2.02. The largest absolute Gasteiger partial charge is 0.376 e. The Morgan fingerprint density at radius 3 is 3.09 bits per heavy atom. The van der Waals surface area contributed by atoms with Crippen LogP contribution in [0.2, 0.25) is 0 Å². The second-order valence-electron chi connectivity index (χ2n) is 2.82. The lowest BCUT2D eigenvalue weighted by Crippen LogP contribution is -1.96. The summed E-state index contributed by atoms with van der Waals surface area (Å²) in [5.74, 6) is 0.556. The Labute approximate surface area is 68.8 Å². The lowest BCUT2D eigenvalue weighted by Gasteiger charge is -2.01. The smallest absolute Gasteiger partial charge is 0.0683 e. The van der Waals surface area contributed by atoms with Gasteiger partial charge in [-0.15, -0.1) is 0 Å². The second-order valence-corrected chi connectivity index (χ2v) is 2.82. The molecule has 0 spiro atoms. The third-order valence-electron chi connectivity index (χ3n) is 2.02. The van der Waals surface area contributed by atoms with Crippen molar-refractivity contribution in [3.05, 3.63) is 23.8 Å². The fourth-order valence-electron chi connectivity index (χ4n) is 1.29. The molecule has 1 rings (SSSR count). The number of allylic oxidation sites excluding steroid dienone is 2. The van der Waals surface area contributed by atoms with Crippen LogP contribution < -0.4 is 0 Å². The van der Waals surface area contributed by atoms with E-state index in [1.165, 1.54) is 5.57 Å². The van der Waals surface area contributed by atoms with Gasteiger partial charge in [0.15, 0.2) is 0 Å². The molecule has 0 aliphatic carbocycles. The number of ether oxygens (including phenoxy) is 1. The zero-order chi connectivity index (χ0) is 8.10. The van der Waals surface area contributed by atoms with E-state index in [1.807, 2.05) is 0 Å². The van der Waals surface area contributed by atoms with Crippen LogP contribution in [0.15, 0.2) is 23.8 Å². The van der Waals surface area contributed by atoms with Crippen LogP contribution in [0.3, 0.4) is 0 Å². The Hall–Kier alpha value is -0.560. The lowest BCUT2D eigenvalue weighted by molar-refractivity contribution is 0.195. The summed E-state index contributed by atoms with van der Waals surface area (Å²) < 4.78 is 5.34. The Balaban J connectivity index is 2.50. The molecule has 0 N–H and O–H groups in total. The van der Waals surface area contributed by atoms with E-state index in [2.05, 4.69) is 32.1 Å². The first kappa shape index (κ1) is 8.54. The third kappa shape index (κ3) is 2.19. The fraction of sp³-hybridized carbons (Fsp3) is 0.600. The van der Waals surface area contributed by atoms with Crippen LogP contribution in [-0.4, -0.2) is 13.2 Å². The predicted molar refractivity (Wildman–Crippen MR) is 47.5 cm³/mol. The maximum atomic E-state index is 5.34. The molecule has 62 valence electrons. The SMILES string of the molecule is C/C=C1\COC[C@@H]1/C=C/CC. The van der Waals surface area contributed by atoms with Gasteiger partial charge in [-0.2, -0.15) is 0 Å². The van der Waals surface area contributed by atoms with Crippen molar-refractivity contribution >= 4 is 0 Å². The molecule has 11 heavy (non-hydrogen) atoms. The summed E-state index contributed by atoms with van der Waals surface area (Å²) in [7, 11) is 0. The maximum absolute atomic E-state index is 5.34. The van der Waals surface area contributed by atoms with Crippen molar-refractivity contribution in [1.29, 1.82) is 0 Å². The molecular weight excluding hydrogens is 136 g/mol. The molecule has 1 heterocycles. The summed E-state index contributed by atoms with van der Waals surface area (Å²) in [6, 6.07) is 0. The average Bonchev–Trinajstić information content (AvgIpc) is 2.47. The Kier molecular flexibility index (Phi) is 3.37. The normalized spacial score (nSPS) is 28.9. The summed E-state index contributed by atoms with van der Waals surface area (Å²) in [6.45, 7) is 5.93. The molecule has 1 aliphatic heterocycles. The summed E-state index contributed by atoms with van der Waals surface area (Å²) in [4.78, 5) is 0. The van der Waals surface area contributed by atoms with Gasteiger partial charge in [0, 0.05) is 5.92 Å². The lowest BCUT2D eigenvalue weighted by atomic mass is 10.0. The Bertz CT molecular complexity index is 168. The molecule has 0 unspecified atom stereocenters. The molecule has 0 aromatic rings. The molecule has 1 aliphatic rings. The van der Waals surface area contributed by atoms with Gasteiger partial charge in [-0.25, -0.2) is 0 Å². The monoisotopic (exact) mass is 152 g/mol. The molecule has 1 nitrogen and oxygen atoms in total. The topological polar surface area (TPSA) is 9.23 Å². The highest BCUT2D eigenvalue weighted by molar-refractivity contribution is 5.16. The van der Waals surface area contributed by atoms with Crippen LogP contribution in [0.25, 0.3) is 0 Å². The van der Waals surface area contributed by atoms with E-state index in [9.17, 15) is 0 Å². The molecule has 0 bridgehead atoms. The predicted octanol–water partition coefficient (Wildman–Crippen LogP) is 2.55. The van der Waals surface area contributed by atoms with E-state index >= 15 is 0 Å². The average molecular weight is 152 g/mol. The van der Waals surface area contributed by atoms with Gasteiger partial charge in [-0.05, 0) is 18.9 Å². The molecule has 0 aromatic heterocycles.